The van der Waals surface area contributed by atoms with Crippen LogP contribution in [0.1, 0.15) is 24.0 Å². The van der Waals surface area contributed by atoms with Gasteiger partial charge in [-0.3, -0.25) is 0 Å². The summed E-state index contributed by atoms with van der Waals surface area (Å²) in [6.45, 7) is 1.50. The maximum atomic E-state index is 6.09. The van der Waals surface area contributed by atoms with Crippen LogP contribution in [0.25, 0.3) is 0 Å². The van der Waals surface area contributed by atoms with Crippen molar-refractivity contribution in [3.8, 4) is 5.75 Å². The summed E-state index contributed by atoms with van der Waals surface area (Å²) in [5, 5.41) is 8.63. The second-order valence-corrected chi connectivity index (χ2v) is 6.92. The second-order valence-electron chi connectivity index (χ2n) is 5.92. The predicted octanol–water partition coefficient (Wildman–Crippen LogP) is 3.83. The molecule has 136 valence electrons. The SMILES string of the molecule is NC(=NN=Cc1ccccc1OC1CCOCC1)SCc1ccccc1. The molecule has 0 bridgehead atoms. The highest BCUT2D eigenvalue weighted by atomic mass is 32.2. The molecule has 1 saturated heterocycles. The van der Waals surface area contributed by atoms with Gasteiger partial charge in [-0.25, -0.2) is 0 Å². The number of thioether (sulfide) groups is 1. The van der Waals surface area contributed by atoms with Crippen molar-refractivity contribution < 1.29 is 9.47 Å². The van der Waals surface area contributed by atoms with Crippen molar-refractivity contribution in [2.45, 2.75) is 24.7 Å². The molecule has 0 unspecified atom stereocenters. The molecular weight excluding hydrogens is 346 g/mol. The van der Waals surface area contributed by atoms with E-state index >= 15 is 0 Å². The van der Waals surface area contributed by atoms with Gasteiger partial charge < -0.3 is 15.2 Å². The quantitative estimate of drug-likeness (QED) is 0.477. The topological polar surface area (TPSA) is 69.2 Å². The molecule has 6 heteroatoms. The van der Waals surface area contributed by atoms with Gasteiger partial charge in [0.15, 0.2) is 5.17 Å². The first-order valence-corrected chi connectivity index (χ1v) is 9.66. The van der Waals surface area contributed by atoms with E-state index in [4.69, 9.17) is 15.2 Å². The molecule has 1 aliphatic rings. The summed E-state index contributed by atoms with van der Waals surface area (Å²) < 4.78 is 11.5. The third-order valence-electron chi connectivity index (χ3n) is 3.96. The van der Waals surface area contributed by atoms with E-state index in [0.717, 1.165) is 43.1 Å². The summed E-state index contributed by atoms with van der Waals surface area (Å²) in [5.41, 5.74) is 8.02. The highest BCUT2D eigenvalue weighted by molar-refractivity contribution is 8.13. The van der Waals surface area contributed by atoms with Gasteiger partial charge >= 0.3 is 0 Å². The van der Waals surface area contributed by atoms with Crippen molar-refractivity contribution in [2.75, 3.05) is 13.2 Å². The summed E-state index contributed by atoms with van der Waals surface area (Å²) in [6.07, 6.45) is 3.69. The average Bonchev–Trinajstić information content (AvgIpc) is 2.69. The lowest BCUT2D eigenvalue weighted by atomic mass is 10.1. The summed E-state index contributed by atoms with van der Waals surface area (Å²) in [7, 11) is 0. The third kappa shape index (κ3) is 5.89. The van der Waals surface area contributed by atoms with Gasteiger partial charge in [-0.15, -0.1) is 5.10 Å². The number of rotatable bonds is 6. The molecule has 0 radical (unpaired) electrons. The van der Waals surface area contributed by atoms with Crippen LogP contribution in [-0.4, -0.2) is 30.7 Å². The zero-order chi connectivity index (χ0) is 18.0. The van der Waals surface area contributed by atoms with E-state index in [2.05, 4.69) is 22.3 Å². The standard InChI is InChI=1S/C20H23N3O2S/c21-20(26-15-16-6-2-1-3-7-16)23-22-14-17-8-4-5-9-19(17)25-18-10-12-24-13-11-18/h1-9,14,18H,10-13,15H2,(H2,21,23). The van der Waals surface area contributed by atoms with E-state index in [9.17, 15) is 0 Å². The van der Waals surface area contributed by atoms with E-state index < -0.39 is 0 Å². The Bertz CT molecular complexity index is 744. The third-order valence-corrected chi connectivity index (χ3v) is 4.82. The number of nitrogens with zero attached hydrogens (tertiary/aromatic N) is 2. The zero-order valence-electron chi connectivity index (χ0n) is 14.6. The molecule has 2 N–H and O–H groups in total. The molecule has 0 atom stereocenters. The van der Waals surface area contributed by atoms with Crippen LogP contribution in [0.3, 0.4) is 0 Å². The van der Waals surface area contributed by atoms with Crippen molar-refractivity contribution in [1.82, 2.24) is 0 Å². The lowest BCUT2D eigenvalue weighted by Crippen LogP contribution is -2.26. The van der Waals surface area contributed by atoms with E-state index in [1.165, 1.54) is 17.3 Å². The highest BCUT2D eigenvalue weighted by Crippen LogP contribution is 2.21. The van der Waals surface area contributed by atoms with Crippen LogP contribution < -0.4 is 10.5 Å². The molecular formula is C20H23N3O2S. The van der Waals surface area contributed by atoms with Crippen molar-refractivity contribution >= 4 is 23.1 Å². The minimum atomic E-state index is 0.188. The lowest BCUT2D eigenvalue weighted by Gasteiger charge is -2.24. The minimum Gasteiger partial charge on any atom is -0.490 e. The van der Waals surface area contributed by atoms with Gasteiger partial charge in [0, 0.05) is 24.2 Å². The van der Waals surface area contributed by atoms with Crippen LogP contribution in [0.2, 0.25) is 0 Å². The maximum absolute atomic E-state index is 6.09. The largest absolute Gasteiger partial charge is 0.490 e. The number of para-hydroxylation sites is 1. The van der Waals surface area contributed by atoms with Crippen molar-refractivity contribution in [3.63, 3.8) is 0 Å². The number of ether oxygens (including phenoxy) is 2. The first-order chi connectivity index (χ1) is 12.8. The maximum Gasteiger partial charge on any atom is 0.180 e. The fraction of sp³-hybridized carbons (Fsp3) is 0.300. The van der Waals surface area contributed by atoms with E-state index in [1.807, 2.05) is 42.5 Å². The monoisotopic (exact) mass is 369 g/mol. The van der Waals surface area contributed by atoms with Crippen LogP contribution in [0.15, 0.2) is 64.8 Å². The number of amidine groups is 1. The van der Waals surface area contributed by atoms with E-state index in [1.54, 1.807) is 6.21 Å². The Morgan fingerprint density at radius 3 is 2.65 bits per heavy atom. The normalized spacial score (nSPS) is 16.1. The summed E-state index contributed by atoms with van der Waals surface area (Å²) in [5.74, 6) is 1.59. The Kier molecular flexibility index (Phi) is 7.10. The Labute approximate surface area is 158 Å². The Balaban J connectivity index is 1.57. The van der Waals surface area contributed by atoms with Crippen molar-refractivity contribution in [2.24, 2.45) is 15.9 Å². The lowest BCUT2D eigenvalue weighted by molar-refractivity contribution is 0.0255. The molecule has 26 heavy (non-hydrogen) atoms. The summed E-state index contributed by atoms with van der Waals surface area (Å²) in [6, 6.07) is 18.0. The first kappa shape index (κ1) is 18.5. The smallest absolute Gasteiger partial charge is 0.180 e. The van der Waals surface area contributed by atoms with Crippen molar-refractivity contribution in [3.05, 3.63) is 65.7 Å². The van der Waals surface area contributed by atoms with Crippen LogP contribution in [0, 0.1) is 0 Å². The molecule has 0 saturated carbocycles. The molecule has 0 amide bonds. The number of hydrogen-bond donors (Lipinski definition) is 1. The number of hydrogen-bond acceptors (Lipinski definition) is 5. The molecule has 1 aliphatic heterocycles. The Morgan fingerprint density at radius 1 is 1.12 bits per heavy atom. The van der Waals surface area contributed by atoms with Crippen LogP contribution in [0.4, 0.5) is 0 Å². The van der Waals surface area contributed by atoms with E-state index in [0.29, 0.717) is 5.17 Å². The van der Waals surface area contributed by atoms with Crippen molar-refractivity contribution in [1.29, 1.82) is 0 Å². The van der Waals surface area contributed by atoms with Gasteiger partial charge in [-0.05, 0) is 17.7 Å². The Hall–Kier alpha value is -2.31. The number of nitrogens with two attached hydrogens (primary N) is 1. The number of benzene rings is 2. The van der Waals surface area contributed by atoms with Gasteiger partial charge in [-0.2, -0.15) is 5.10 Å². The average molecular weight is 369 g/mol. The van der Waals surface area contributed by atoms with Gasteiger partial charge in [-0.1, -0.05) is 54.2 Å². The van der Waals surface area contributed by atoms with E-state index in [-0.39, 0.29) is 6.10 Å². The van der Waals surface area contributed by atoms with Crippen LogP contribution in [-0.2, 0) is 10.5 Å². The molecule has 2 aromatic carbocycles. The van der Waals surface area contributed by atoms with Crippen LogP contribution in [0.5, 0.6) is 5.75 Å². The fourth-order valence-electron chi connectivity index (χ4n) is 2.58. The molecule has 1 fully saturated rings. The summed E-state index contributed by atoms with van der Waals surface area (Å²) >= 11 is 1.47. The summed E-state index contributed by atoms with van der Waals surface area (Å²) in [4.78, 5) is 0. The fourth-order valence-corrected chi connectivity index (χ4v) is 3.19. The highest BCUT2D eigenvalue weighted by Gasteiger charge is 2.16. The van der Waals surface area contributed by atoms with Gasteiger partial charge in [0.05, 0.1) is 19.4 Å². The zero-order valence-corrected chi connectivity index (χ0v) is 15.4. The first-order valence-electron chi connectivity index (χ1n) is 8.68. The molecule has 2 aromatic rings. The molecule has 5 nitrogen and oxygen atoms in total. The second kappa shape index (κ2) is 9.99. The molecule has 0 aliphatic carbocycles. The minimum absolute atomic E-state index is 0.188. The molecule has 1 heterocycles. The molecule has 0 spiro atoms. The predicted molar refractivity (Wildman–Crippen MR) is 108 cm³/mol. The van der Waals surface area contributed by atoms with Crippen LogP contribution >= 0.6 is 11.8 Å². The Morgan fingerprint density at radius 2 is 1.85 bits per heavy atom. The molecule has 3 rings (SSSR count). The molecule has 0 aromatic heterocycles. The van der Waals surface area contributed by atoms with Gasteiger partial charge in [0.2, 0.25) is 0 Å². The van der Waals surface area contributed by atoms with Gasteiger partial charge in [0.25, 0.3) is 0 Å². The van der Waals surface area contributed by atoms with Gasteiger partial charge in [0.1, 0.15) is 11.9 Å².